The van der Waals surface area contributed by atoms with Gasteiger partial charge in [0.15, 0.2) is 0 Å². The van der Waals surface area contributed by atoms with E-state index < -0.39 is 0 Å². The lowest BCUT2D eigenvalue weighted by molar-refractivity contribution is 0.00490. The lowest BCUT2D eigenvalue weighted by Crippen LogP contribution is -2.45. The van der Waals surface area contributed by atoms with Crippen LogP contribution in [0, 0.1) is 0 Å². The number of piperidine rings is 1. The minimum absolute atomic E-state index is 0.538. The second-order valence-electron chi connectivity index (χ2n) is 4.77. The maximum Gasteiger partial charge on any atom is 0.0598 e. The van der Waals surface area contributed by atoms with Crippen LogP contribution in [0.5, 0.6) is 0 Å². The van der Waals surface area contributed by atoms with Gasteiger partial charge in [-0.05, 0) is 32.2 Å². The van der Waals surface area contributed by atoms with E-state index >= 15 is 0 Å². The Bertz CT molecular complexity index is 172. The molecule has 0 aliphatic carbocycles. The van der Waals surface area contributed by atoms with Gasteiger partial charge in [-0.25, -0.2) is 0 Å². The van der Waals surface area contributed by atoms with Gasteiger partial charge >= 0.3 is 0 Å². The fraction of sp³-hybridized carbons (Fsp3) is 1.00. The van der Waals surface area contributed by atoms with Crippen LogP contribution in [0.2, 0.25) is 0 Å². The molecule has 2 heterocycles. The molecule has 0 saturated carbocycles. The van der Waals surface area contributed by atoms with Crippen LogP contribution in [0.1, 0.15) is 44.9 Å². The van der Waals surface area contributed by atoms with Gasteiger partial charge in [0.05, 0.1) is 6.10 Å². The predicted molar refractivity (Wildman–Crippen MR) is 58.5 cm³/mol. The van der Waals surface area contributed by atoms with Crippen LogP contribution in [0.25, 0.3) is 0 Å². The topological polar surface area (TPSA) is 12.5 Å². The van der Waals surface area contributed by atoms with Crippen LogP contribution in [-0.2, 0) is 4.74 Å². The van der Waals surface area contributed by atoms with Crippen LogP contribution < -0.4 is 0 Å². The highest BCUT2D eigenvalue weighted by atomic mass is 16.5. The van der Waals surface area contributed by atoms with E-state index in [0.717, 1.165) is 6.04 Å². The smallest absolute Gasteiger partial charge is 0.0598 e. The maximum absolute atomic E-state index is 5.49. The highest BCUT2D eigenvalue weighted by molar-refractivity contribution is 4.83. The molecule has 82 valence electrons. The van der Waals surface area contributed by atoms with E-state index in [1.54, 1.807) is 0 Å². The molecule has 0 spiro atoms. The summed E-state index contributed by atoms with van der Waals surface area (Å²) in [5.41, 5.74) is 0. The minimum Gasteiger partial charge on any atom is -0.381 e. The summed E-state index contributed by atoms with van der Waals surface area (Å²) in [5, 5.41) is 0. The zero-order valence-electron chi connectivity index (χ0n) is 9.37. The van der Waals surface area contributed by atoms with Gasteiger partial charge in [0.1, 0.15) is 0 Å². The van der Waals surface area contributed by atoms with E-state index in [1.807, 2.05) is 7.11 Å². The molecule has 0 N–H and O–H groups in total. The molecule has 0 radical (unpaired) electrons. The van der Waals surface area contributed by atoms with Gasteiger partial charge in [0.25, 0.3) is 0 Å². The Hall–Kier alpha value is -0.0800. The molecule has 0 aromatic heterocycles. The fourth-order valence-corrected chi connectivity index (χ4v) is 2.92. The highest BCUT2D eigenvalue weighted by Crippen LogP contribution is 2.26. The average Bonchev–Trinajstić information content (AvgIpc) is 2.18. The summed E-state index contributed by atoms with van der Waals surface area (Å²) in [6.45, 7) is 2.60. The summed E-state index contributed by atoms with van der Waals surface area (Å²) in [7, 11) is 1.86. The maximum atomic E-state index is 5.49. The number of ether oxygens (including phenoxy) is 1. The Morgan fingerprint density at radius 3 is 2.71 bits per heavy atom. The zero-order valence-corrected chi connectivity index (χ0v) is 9.37. The molecular weight excluding hydrogens is 174 g/mol. The number of hydrogen-bond donors (Lipinski definition) is 0. The molecule has 2 aliphatic rings. The molecular formula is C12H23NO. The second-order valence-corrected chi connectivity index (χ2v) is 4.77. The van der Waals surface area contributed by atoms with Gasteiger partial charge in [-0.15, -0.1) is 0 Å². The van der Waals surface area contributed by atoms with E-state index in [0.29, 0.717) is 6.10 Å². The first-order chi connectivity index (χ1) is 6.90. The van der Waals surface area contributed by atoms with Crippen molar-refractivity contribution in [2.45, 2.75) is 57.1 Å². The van der Waals surface area contributed by atoms with Gasteiger partial charge in [-0.3, -0.25) is 0 Å². The zero-order chi connectivity index (χ0) is 9.80. The van der Waals surface area contributed by atoms with Crippen molar-refractivity contribution >= 4 is 0 Å². The second kappa shape index (κ2) is 5.13. The molecule has 2 atom stereocenters. The average molecular weight is 197 g/mol. The van der Waals surface area contributed by atoms with Gasteiger partial charge in [0.2, 0.25) is 0 Å². The van der Waals surface area contributed by atoms with Crippen molar-refractivity contribution in [2.75, 3.05) is 20.2 Å². The number of nitrogens with zero attached hydrogens (tertiary/aromatic N) is 1. The fourth-order valence-electron chi connectivity index (χ4n) is 2.92. The largest absolute Gasteiger partial charge is 0.381 e. The van der Waals surface area contributed by atoms with Crippen LogP contribution >= 0.6 is 0 Å². The van der Waals surface area contributed by atoms with E-state index in [9.17, 15) is 0 Å². The third kappa shape index (κ3) is 2.48. The van der Waals surface area contributed by atoms with Gasteiger partial charge < -0.3 is 9.64 Å². The van der Waals surface area contributed by atoms with Crippen molar-refractivity contribution in [1.82, 2.24) is 4.90 Å². The van der Waals surface area contributed by atoms with E-state index in [4.69, 9.17) is 4.74 Å². The number of rotatable bonds is 1. The quantitative estimate of drug-likeness (QED) is 0.640. The lowest BCUT2D eigenvalue weighted by atomic mass is 9.92. The SMILES string of the molecule is COC1CCN2CCCCCCC2C1. The van der Waals surface area contributed by atoms with E-state index in [1.165, 1.54) is 58.0 Å². The van der Waals surface area contributed by atoms with Crippen molar-refractivity contribution in [1.29, 1.82) is 0 Å². The first-order valence-electron chi connectivity index (χ1n) is 6.17. The molecule has 2 rings (SSSR count). The molecule has 2 aliphatic heterocycles. The van der Waals surface area contributed by atoms with Crippen molar-refractivity contribution < 1.29 is 4.74 Å². The Morgan fingerprint density at radius 1 is 1.00 bits per heavy atom. The van der Waals surface area contributed by atoms with Crippen LogP contribution in [0.4, 0.5) is 0 Å². The number of methoxy groups -OCH3 is 1. The van der Waals surface area contributed by atoms with E-state index in [-0.39, 0.29) is 0 Å². The number of hydrogen-bond acceptors (Lipinski definition) is 2. The van der Waals surface area contributed by atoms with Crippen LogP contribution in [-0.4, -0.2) is 37.2 Å². The Morgan fingerprint density at radius 2 is 1.86 bits per heavy atom. The molecule has 0 bridgehead atoms. The molecule has 2 fully saturated rings. The van der Waals surface area contributed by atoms with Crippen molar-refractivity contribution in [2.24, 2.45) is 0 Å². The third-order valence-electron chi connectivity index (χ3n) is 3.86. The molecule has 2 heteroatoms. The standard InChI is InChI=1S/C12H23NO/c1-14-12-7-9-13-8-5-3-2-4-6-11(13)10-12/h11-12H,2-10H2,1H3. The molecule has 2 nitrogen and oxygen atoms in total. The Balaban J connectivity index is 1.89. The van der Waals surface area contributed by atoms with Gasteiger partial charge in [0, 0.05) is 19.7 Å². The van der Waals surface area contributed by atoms with Crippen molar-refractivity contribution in [3.63, 3.8) is 0 Å². The summed E-state index contributed by atoms with van der Waals surface area (Å²) in [4.78, 5) is 2.70. The highest BCUT2D eigenvalue weighted by Gasteiger charge is 2.28. The monoisotopic (exact) mass is 197 g/mol. The summed E-state index contributed by atoms with van der Waals surface area (Å²) < 4.78 is 5.49. The van der Waals surface area contributed by atoms with Crippen LogP contribution in [0.3, 0.4) is 0 Å². The molecule has 2 saturated heterocycles. The molecule has 0 amide bonds. The summed E-state index contributed by atoms with van der Waals surface area (Å²) in [6, 6.07) is 0.828. The van der Waals surface area contributed by atoms with Crippen molar-refractivity contribution in [3.05, 3.63) is 0 Å². The Labute approximate surface area is 87.6 Å². The van der Waals surface area contributed by atoms with Crippen molar-refractivity contribution in [3.8, 4) is 0 Å². The van der Waals surface area contributed by atoms with E-state index in [2.05, 4.69) is 4.90 Å². The summed E-state index contributed by atoms with van der Waals surface area (Å²) in [5.74, 6) is 0. The number of fused-ring (bicyclic) bond motifs is 1. The van der Waals surface area contributed by atoms with Crippen LogP contribution in [0.15, 0.2) is 0 Å². The van der Waals surface area contributed by atoms with Gasteiger partial charge in [-0.2, -0.15) is 0 Å². The predicted octanol–water partition coefficient (Wildman–Crippen LogP) is 2.43. The lowest BCUT2D eigenvalue weighted by Gasteiger charge is -2.40. The molecule has 14 heavy (non-hydrogen) atoms. The third-order valence-corrected chi connectivity index (χ3v) is 3.86. The first-order valence-corrected chi connectivity index (χ1v) is 6.17. The Kier molecular flexibility index (Phi) is 3.82. The minimum atomic E-state index is 0.538. The van der Waals surface area contributed by atoms with Gasteiger partial charge in [-0.1, -0.05) is 19.3 Å². The molecule has 0 aromatic carbocycles. The molecule has 0 aromatic rings. The first kappa shape index (κ1) is 10.4. The normalized spacial score (nSPS) is 35.8. The summed E-state index contributed by atoms with van der Waals surface area (Å²) in [6.07, 6.45) is 10.2. The molecule has 2 unspecified atom stereocenters. The summed E-state index contributed by atoms with van der Waals surface area (Å²) >= 11 is 0.